The number of rotatable bonds is 7. The molecule has 0 aliphatic carbocycles. The van der Waals surface area contributed by atoms with E-state index < -0.39 is 65.8 Å². The van der Waals surface area contributed by atoms with Crippen LogP contribution < -0.4 is 14.4 Å². The Balaban J connectivity index is 2.35. The second-order valence-electron chi connectivity index (χ2n) is 8.94. The van der Waals surface area contributed by atoms with E-state index in [1.807, 2.05) is 0 Å². The van der Waals surface area contributed by atoms with Crippen molar-refractivity contribution < 1.29 is 60.0 Å². The Kier molecular flexibility index (Phi) is 9.12. The highest BCUT2D eigenvalue weighted by Crippen LogP contribution is 2.51. The molecule has 0 saturated carbocycles. The predicted octanol–water partition coefficient (Wildman–Crippen LogP) is 5.86. The maximum Gasteiger partial charge on any atom is 0.416 e. The molecule has 0 unspecified atom stereocenters. The van der Waals surface area contributed by atoms with Gasteiger partial charge in [0, 0.05) is 18.0 Å². The predicted molar refractivity (Wildman–Crippen MR) is 128 cm³/mol. The minimum atomic E-state index is -5.17. The first-order chi connectivity index (χ1) is 18.7. The van der Waals surface area contributed by atoms with Gasteiger partial charge in [-0.3, -0.25) is 9.69 Å². The van der Waals surface area contributed by atoms with Crippen LogP contribution >= 0.6 is 0 Å². The van der Waals surface area contributed by atoms with E-state index in [9.17, 15) is 41.0 Å². The molecule has 2 aromatic carbocycles. The number of nitrogens with zero attached hydrogens (tertiary/aromatic N) is 1. The molecule has 3 atom stereocenters. The number of alkyl halides is 6. The van der Waals surface area contributed by atoms with Gasteiger partial charge in [-0.15, -0.1) is 0 Å². The second kappa shape index (κ2) is 11.8. The number of anilines is 1. The maximum atomic E-state index is 13.7. The Morgan fingerprint density at radius 3 is 1.98 bits per heavy atom. The number of ether oxygens (including phenoxy) is 4. The highest BCUT2D eigenvalue weighted by Gasteiger charge is 2.45. The number of benzene rings is 2. The Morgan fingerprint density at radius 1 is 0.950 bits per heavy atom. The molecule has 0 fully saturated rings. The van der Waals surface area contributed by atoms with Crippen LogP contribution in [0.2, 0.25) is 0 Å². The smallest absolute Gasteiger partial charge is 0.416 e. The van der Waals surface area contributed by atoms with Gasteiger partial charge in [0.2, 0.25) is 0 Å². The molecule has 1 heterocycles. The van der Waals surface area contributed by atoms with Gasteiger partial charge in [0.15, 0.2) is 18.3 Å². The van der Waals surface area contributed by atoms with E-state index in [1.165, 1.54) is 31.3 Å². The molecule has 2 aromatic rings. The molecule has 0 bridgehead atoms. The molecule has 1 N–H and O–H groups in total. The second-order valence-corrected chi connectivity index (χ2v) is 8.94. The number of carbonyl (C=O) groups excluding carboxylic acids is 2. The molecule has 40 heavy (non-hydrogen) atoms. The van der Waals surface area contributed by atoms with Crippen LogP contribution in [0.15, 0.2) is 30.3 Å². The Morgan fingerprint density at radius 2 is 1.50 bits per heavy atom. The average Bonchev–Trinajstić information content (AvgIpc) is 2.87. The number of hydrogen-bond acceptors (Lipinski definition) is 7. The summed E-state index contributed by atoms with van der Waals surface area (Å²) in [5.41, 5.74) is -3.56. The number of fused-ring (bicyclic) bond motifs is 1. The van der Waals surface area contributed by atoms with Crippen LogP contribution in [-0.4, -0.2) is 50.8 Å². The van der Waals surface area contributed by atoms with Crippen LogP contribution in [-0.2, 0) is 26.6 Å². The van der Waals surface area contributed by atoms with Crippen molar-refractivity contribution in [2.45, 2.75) is 50.5 Å². The molecule has 1 aliphatic rings. The quantitative estimate of drug-likeness (QED) is 0.250. The first-order valence-electron chi connectivity index (χ1n) is 12.0. The van der Waals surface area contributed by atoms with Gasteiger partial charge in [-0.05, 0) is 55.7 Å². The van der Waals surface area contributed by atoms with Crippen molar-refractivity contribution in [2.24, 2.45) is 0 Å². The van der Waals surface area contributed by atoms with E-state index in [0.29, 0.717) is 12.1 Å². The lowest BCUT2D eigenvalue weighted by atomic mass is 9.74. The number of aliphatic hydroxyl groups is 1. The zero-order valence-electron chi connectivity index (χ0n) is 21.9. The van der Waals surface area contributed by atoms with Crippen molar-refractivity contribution >= 4 is 17.7 Å². The number of amides is 1. The summed E-state index contributed by atoms with van der Waals surface area (Å²) in [7, 11) is 2.62. The van der Waals surface area contributed by atoms with Gasteiger partial charge >= 0.3 is 24.4 Å². The van der Waals surface area contributed by atoms with Gasteiger partial charge in [-0.1, -0.05) is 0 Å². The monoisotopic (exact) mass is 579 g/mol. The number of aliphatic hydroxyl groups excluding tert-OH is 1. The lowest BCUT2D eigenvalue weighted by Crippen LogP contribution is -2.45. The van der Waals surface area contributed by atoms with Gasteiger partial charge in [-0.2, -0.15) is 26.3 Å². The zero-order valence-corrected chi connectivity index (χ0v) is 21.9. The molecular weight excluding hydrogens is 552 g/mol. The van der Waals surface area contributed by atoms with Gasteiger partial charge < -0.3 is 24.1 Å². The Labute approximate surface area is 225 Å². The van der Waals surface area contributed by atoms with E-state index in [4.69, 9.17) is 18.9 Å². The zero-order chi connectivity index (χ0) is 30.0. The molecule has 0 spiro atoms. The molecular formula is C26H27F6NO7. The highest BCUT2D eigenvalue weighted by atomic mass is 19.4. The number of methoxy groups -OCH3 is 2. The third kappa shape index (κ3) is 6.21. The molecule has 220 valence electrons. The summed E-state index contributed by atoms with van der Waals surface area (Å²) in [6.45, 7) is 2.00. The van der Waals surface area contributed by atoms with Crippen LogP contribution in [0, 0.1) is 0 Å². The van der Waals surface area contributed by atoms with Crippen molar-refractivity contribution in [3.05, 3.63) is 52.6 Å². The topological polar surface area (TPSA) is 94.5 Å². The highest BCUT2D eigenvalue weighted by molar-refractivity contribution is 5.92. The fraction of sp³-hybridized carbons (Fsp3) is 0.462. The van der Waals surface area contributed by atoms with Crippen LogP contribution in [0.25, 0.3) is 0 Å². The van der Waals surface area contributed by atoms with Crippen molar-refractivity contribution in [1.29, 1.82) is 0 Å². The summed E-state index contributed by atoms with van der Waals surface area (Å²) in [4.78, 5) is 27.3. The minimum Gasteiger partial charge on any atom is -0.493 e. The first kappa shape index (κ1) is 30.9. The molecule has 0 saturated heterocycles. The molecule has 14 heteroatoms. The van der Waals surface area contributed by atoms with E-state index in [2.05, 4.69) is 0 Å². The van der Waals surface area contributed by atoms with Crippen LogP contribution in [0.5, 0.6) is 11.5 Å². The van der Waals surface area contributed by atoms with E-state index in [0.717, 1.165) is 0 Å². The van der Waals surface area contributed by atoms with E-state index >= 15 is 0 Å². The molecule has 0 radical (unpaired) electrons. The number of carbonyl (C=O) groups is 2. The SMILES string of the molecule is CCOC(=O)N1c2cc(OC)c(OC)cc2[C@H]([C@@H](C(=O)OCO)c2cc(C(F)(F)F)cc(C(F)(F)F)c2)C[C@H]1C. The lowest BCUT2D eigenvalue weighted by Gasteiger charge is -2.41. The molecule has 0 aromatic heterocycles. The summed E-state index contributed by atoms with van der Waals surface area (Å²) >= 11 is 0. The van der Waals surface area contributed by atoms with Gasteiger partial charge in [0.1, 0.15) is 0 Å². The molecule has 1 aliphatic heterocycles. The molecule has 3 rings (SSSR count). The number of esters is 1. The van der Waals surface area contributed by atoms with Gasteiger partial charge in [0.05, 0.1) is 43.6 Å². The average molecular weight is 579 g/mol. The van der Waals surface area contributed by atoms with Crippen LogP contribution in [0.4, 0.5) is 36.8 Å². The normalized spacial score (nSPS) is 18.0. The summed E-state index contributed by atoms with van der Waals surface area (Å²) in [6, 6.07) is 2.88. The standard InChI is InChI=1S/C26H27F6NO7/c1-5-39-24(36)33-13(2)6-18(17-10-20(37-3)21(38-4)11-19(17)33)22(23(35)40-12-34)14-7-15(25(27,28)29)9-16(8-14)26(30,31)32/h7-11,13,18,22,34H,5-6,12H2,1-4H3/t13-,18-,22+/m1/s1. The summed E-state index contributed by atoms with van der Waals surface area (Å²) in [5.74, 6) is -3.86. The fourth-order valence-electron chi connectivity index (χ4n) is 4.86. The van der Waals surface area contributed by atoms with Crippen molar-refractivity contribution in [3.8, 4) is 11.5 Å². The lowest BCUT2D eigenvalue weighted by molar-refractivity contribution is -0.155. The Bertz CT molecular complexity index is 1220. The Hall–Kier alpha value is -3.68. The summed E-state index contributed by atoms with van der Waals surface area (Å²) in [5, 5.41) is 9.26. The van der Waals surface area contributed by atoms with Gasteiger partial charge in [0.25, 0.3) is 0 Å². The van der Waals surface area contributed by atoms with Crippen molar-refractivity contribution in [2.75, 3.05) is 32.5 Å². The van der Waals surface area contributed by atoms with Crippen molar-refractivity contribution in [1.82, 2.24) is 0 Å². The number of hydrogen-bond donors (Lipinski definition) is 1. The molecule has 8 nitrogen and oxygen atoms in total. The van der Waals surface area contributed by atoms with E-state index in [1.54, 1.807) is 13.8 Å². The van der Waals surface area contributed by atoms with Crippen LogP contribution in [0.1, 0.15) is 54.4 Å². The van der Waals surface area contributed by atoms with Crippen molar-refractivity contribution in [3.63, 3.8) is 0 Å². The largest absolute Gasteiger partial charge is 0.493 e. The summed E-state index contributed by atoms with van der Waals surface area (Å²) in [6.07, 6.45) is -11.2. The van der Waals surface area contributed by atoms with Gasteiger partial charge in [-0.25, -0.2) is 4.79 Å². The van der Waals surface area contributed by atoms with Crippen LogP contribution in [0.3, 0.4) is 0 Å². The minimum absolute atomic E-state index is 0.0179. The number of halogens is 6. The van der Waals surface area contributed by atoms with E-state index in [-0.39, 0.29) is 41.8 Å². The maximum absolute atomic E-state index is 13.7. The fourth-order valence-corrected chi connectivity index (χ4v) is 4.86. The summed E-state index contributed by atoms with van der Waals surface area (Å²) < 4.78 is 103. The first-order valence-corrected chi connectivity index (χ1v) is 12.0. The third-order valence-corrected chi connectivity index (χ3v) is 6.52. The molecule has 1 amide bonds. The third-order valence-electron chi connectivity index (χ3n) is 6.52.